The molecule has 0 unspecified atom stereocenters. The van der Waals surface area contributed by atoms with E-state index in [-0.39, 0.29) is 26.8 Å². The SMILES string of the molecule is OC(=S)S.[Au]. The smallest absolute Gasteiger partial charge is 0.214 e. The van der Waals surface area contributed by atoms with Gasteiger partial charge in [0.2, 0.25) is 4.38 Å². The van der Waals surface area contributed by atoms with E-state index >= 15 is 0 Å². The van der Waals surface area contributed by atoms with Crippen LogP contribution in [0.1, 0.15) is 0 Å². The fraction of sp³-hybridized carbons (Fsp3) is 0. The van der Waals surface area contributed by atoms with Crippen LogP contribution in [0.2, 0.25) is 0 Å². The van der Waals surface area contributed by atoms with E-state index in [1.807, 2.05) is 0 Å². The minimum atomic E-state index is -0.306. The number of aliphatic hydroxyl groups excluding tert-OH is 1. The summed E-state index contributed by atoms with van der Waals surface area (Å²) in [7, 11) is 0. The van der Waals surface area contributed by atoms with Gasteiger partial charge in [0.1, 0.15) is 0 Å². The van der Waals surface area contributed by atoms with Crippen LogP contribution in [0.25, 0.3) is 0 Å². The van der Waals surface area contributed by atoms with E-state index in [0.29, 0.717) is 0 Å². The Bertz CT molecular complexity index is 32.6. The van der Waals surface area contributed by atoms with Crippen LogP contribution in [0.4, 0.5) is 0 Å². The summed E-state index contributed by atoms with van der Waals surface area (Å²) in [6.45, 7) is 0. The van der Waals surface area contributed by atoms with E-state index < -0.39 is 0 Å². The molecule has 0 aliphatic rings. The number of thiocarbonyl (C=S) groups is 1. The Morgan fingerprint density at radius 1 is 1.80 bits per heavy atom. The van der Waals surface area contributed by atoms with E-state index in [1.54, 1.807) is 0 Å². The zero-order valence-corrected chi connectivity index (χ0v) is 5.98. The van der Waals surface area contributed by atoms with Crippen molar-refractivity contribution in [3.8, 4) is 0 Å². The first kappa shape index (κ1) is 9.36. The largest absolute Gasteiger partial charge is 0.494 e. The first-order valence-electron chi connectivity index (χ1n) is 0.651. The van der Waals surface area contributed by atoms with Crippen molar-refractivity contribution < 1.29 is 27.5 Å². The van der Waals surface area contributed by atoms with E-state index in [4.69, 9.17) is 5.11 Å². The second kappa shape index (κ2) is 4.98. The second-order valence-electron chi connectivity index (χ2n) is 0.283. The molecule has 0 aromatic carbocycles. The van der Waals surface area contributed by atoms with Gasteiger partial charge in [0.15, 0.2) is 0 Å². The minimum Gasteiger partial charge on any atom is -0.494 e. The first-order valence-corrected chi connectivity index (χ1v) is 1.51. The van der Waals surface area contributed by atoms with Crippen molar-refractivity contribution in [3.05, 3.63) is 0 Å². The molecule has 1 radical (unpaired) electrons. The van der Waals surface area contributed by atoms with E-state index in [0.717, 1.165) is 0 Å². The maximum Gasteiger partial charge on any atom is 0.214 e. The number of rotatable bonds is 0. The molecule has 4 heteroatoms. The van der Waals surface area contributed by atoms with E-state index in [1.165, 1.54) is 0 Å². The Labute approximate surface area is 56.7 Å². The molecule has 35 valence electrons. The van der Waals surface area contributed by atoms with Gasteiger partial charge in [-0.1, -0.05) is 12.6 Å². The molecule has 0 saturated carbocycles. The van der Waals surface area contributed by atoms with Gasteiger partial charge in [0.25, 0.3) is 0 Å². The van der Waals surface area contributed by atoms with Crippen molar-refractivity contribution >= 4 is 29.2 Å². The molecular formula is CH2AuOS2. The van der Waals surface area contributed by atoms with Gasteiger partial charge in [-0.3, -0.25) is 0 Å². The standard InChI is InChI=1S/CH2OS2.Au/c2-1(3)4;/h(H2,2,3,4);. The molecule has 0 aromatic heterocycles. The van der Waals surface area contributed by atoms with Gasteiger partial charge < -0.3 is 5.11 Å². The predicted octanol–water partition coefficient (Wildman–Crippen LogP) is 0.757. The van der Waals surface area contributed by atoms with Gasteiger partial charge >= 0.3 is 0 Å². The molecule has 0 bridgehead atoms. The van der Waals surface area contributed by atoms with Gasteiger partial charge in [-0.05, 0) is 12.2 Å². The van der Waals surface area contributed by atoms with Crippen LogP contribution in [-0.4, -0.2) is 9.49 Å². The van der Waals surface area contributed by atoms with Crippen LogP contribution >= 0.6 is 24.8 Å². The average Bonchev–Trinajstić information content (AvgIpc) is 0.811. The fourth-order valence-electron chi connectivity index (χ4n) is 0. The van der Waals surface area contributed by atoms with Crippen molar-refractivity contribution in [3.63, 3.8) is 0 Å². The van der Waals surface area contributed by atoms with Crippen LogP contribution in [0, 0.1) is 0 Å². The Balaban J connectivity index is 0. The molecule has 1 N–H and O–H groups in total. The van der Waals surface area contributed by atoms with Crippen molar-refractivity contribution in [2.24, 2.45) is 0 Å². The molecule has 0 rings (SSSR count). The van der Waals surface area contributed by atoms with Gasteiger partial charge in [-0.2, -0.15) is 0 Å². The maximum absolute atomic E-state index is 7.65. The van der Waals surface area contributed by atoms with Crippen molar-refractivity contribution in [1.29, 1.82) is 0 Å². The van der Waals surface area contributed by atoms with Crippen LogP contribution in [-0.2, 0) is 22.4 Å². The molecule has 0 aliphatic carbocycles. The molecule has 0 heterocycles. The summed E-state index contributed by atoms with van der Waals surface area (Å²) in [4.78, 5) is 0. The third-order valence-corrected chi connectivity index (χ3v) is 0. The molecule has 1 nitrogen and oxygen atoms in total. The first-order chi connectivity index (χ1) is 1.73. The Hall–Kier alpha value is 0.980. The predicted molar refractivity (Wildman–Crippen MR) is 24.2 cm³/mol. The summed E-state index contributed by atoms with van der Waals surface area (Å²) in [5.41, 5.74) is 0. The summed E-state index contributed by atoms with van der Waals surface area (Å²) >= 11 is 7.21. The number of hydrogen-bond donors (Lipinski definition) is 2. The summed E-state index contributed by atoms with van der Waals surface area (Å²) in [6.07, 6.45) is 0. The zero-order chi connectivity index (χ0) is 3.58. The maximum atomic E-state index is 7.65. The monoisotopic (exact) mass is 291 g/mol. The van der Waals surface area contributed by atoms with Crippen LogP contribution < -0.4 is 0 Å². The molecule has 0 fully saturated rings. The van der Waals surface area contributed by atoms with Gasteiger partial charge in [-0.15, -0.1) is 0 Å². The molecule has 0 aromatic rings. The second-order valence-corrected chi connectivity index (χ2v) is 1.40. The number of aliphatic hydroxyl groups is 1. The van der Waals surface area contributed by atoms with Crippen molar-refractivity contribution in [1.82, 2.24) is 0 Å². The van der Waals surface area contributed by atoms with Crippen LogP contribution in [0.3, 0.4) is 0 Å². The van der Waals surface area contributed by atoms with Gasteiger partial charge in [0, 0.05) is 22.4 Å². The summed E-state index contributed by atoms with van der Waals surface area (Å²) in [6, 6.07) is 0. The summed E-state index contributed by atoms with van der Waals surface area (Å²) in [5, 5.41) is 7.65. The Kier molecular flexibility index (Phi) is 9.33. The summed E-state index contributed by atoms with van der Waals surface area (Å²) in [5.74, 6) is 0. The topological polar surface area (TPSA) is 20.2 Å². The van der Waals surface area contributed by atoms with Crippen molar-refractivity contribution in [2.45, 2.75) is 0 Å². The van der Waals surface area contributed by atoms with E-state index in [2.05, 4.69) is 24.8 Å². The minimum absolute atomic E-state index is 0. The summed E-state index contributed by atoms with van der Waals surface area (Å²) < 4.78 is -0.306. The van der Waals surface area contributed by atoms with Crippen molar-refractivity contribution in [2.75, 3.05) is 0 Å². The average molecular weight is 291 g/mol. The zero-order valence-electron chi connectivity index (χ0n) is 2.10. The Morgan fingerprint density at radius 3 is 1.80 bits per heavy atom. The van der Waals surface area contributed by atoms with Crippen LogP contribution in [0.15, 0.2) is 0 Å². The third kappa shape index (κ3) is 46.0. The molecule has 0 amide bonds. The molecule has 0 spiro atoms. The van der Waals surface area contributed by atoms with Gasteiger partial charge in [0.05, 0.1) is 0 Å². The van der Waals surface area contributed by atoms with Crippen LogP contribution in [0.5, 0.6) is 0 Å². The Morgan fingerprint density at radius 2 is 1.80 bits per heavy atom. The molecule has 0 atom stereocenters. The molecule has 0 aliphatic heterocycles. The quantitative estimate of drug-likeness (QED) is 0.390. The fourth-order valence-corrected chi connectivity index (χ4v) is 0. The number of thiol groups is 1. The molecule has 5 heavy (non-hydrogen) atoms. The van der Waals surface area contributed by atoms with E-state index in [9.17, 15) is 0 Å². The third-order valence-electron chi connectivity index (χ3n) is 0. The molecule has 0 saturated heterocycles. The normalized spacial score (nSPS) is 5.00. The number of hydrogen-bond acceptors (Lipinski definition) is 1. The van der Waals surface area contributed by atoms with Gasteiger partial charge in [-0.25, -0.2) is 0 Å². The molecular weight excluding hydrogens is 289 g/mol.